The first-order chi connectivity index (χ1) is 15.1. The number of fused-ring (bicyclic) bond motifs is 1. The predicted octanol–water partition coefficient (Wildman–Crippen LogP) is 4.77. The van der Waals surface area contributed by atoms with Gasteiger partial charge in [0.2, 0.25) is 0 Å². The molecule has 0 bridgehead atoms. The highest BCUT2D eigenvalue weighted by Crippen LogP contribution is 2.28. The SMILES string of the molecule is CCOC(=O)c1ccc(NC(=O)c2ccc(C(=O)N3CCCc4ccccc43)cc2)s1. The van der Waals surface area contributed by atoms with Gasteiger partial charge in [-0.25, -0.2) is 4.79 Å². The van der Waals surface area contributed by atoms with E-state index in [4.69, 9.17) is 4.74 Å². The Morgan fingerprint density at radius 2 is 1.74 bits per heavy atom. The van der Waals surface area contributed by atoms with Gasteiger partial charge in [0.1, 0.15) is 4.88 Å². The van der Waals surface area contributed by atoms with Crippen LogP contribution in [0.3, 0.4) is 0 Å². The van der Waals surface area contributed by atoms with Crippen molar-refractivity contribution in [1.29, 1.82) is 0 Å². The van der Waals surface area contributed by atoms with Crippen molar-refractivity contribution in [3.05, 3.63) is 82.2 Å². The van der Waals surface area contributed by atoms with Gasteiger partial charge in [-0.2, -0.15) is 0 Å². The quantitative estimate of drug-likeness (QED) is 0.587. The summed E-state index contributed by atoms with van der Waals surface area (Å²) in [5, 5.41) is 3.33. The summed E-state index contributed by atoms with van der Waals surface area (Å²) in [6.45, 7) is 2.72. The van der Waals surface area contributed by atoms with Crippen molar-refractivity contribution in [2.24, 2.45) is 0 Å². The molecule has 1 N–H and O–H groups in total. The van der Waals surface area contributed by atoms with Gasteiger partial charge in [-0.1, -0.05) is 18.2 Å². The molecule has 7 heteroatoms. The van der Waals surface area contributed by atoms with Crippen LogP contribution < -0.4 is 10.2 Å². The van der Waals surface area contributed by atoms with Crippen LogP contribution in [-0.4, -0.2) is 30.9 Å². The van der Waals surface area contributed by atoms with Gasteiger partial charge in [-0.15, -0.1) is 11.3 Å². The number of esters is 1. The summed E-state index contributed by atoms with van der Waals surface area (Å²) in [5.41, 5.74) is 3.10. The van der Waals surface area contributed by atoms with Crippen LogP contribution in [0.1, 0.15) is 49.3 Å². The molecule has 6 nitrogen and oxygen atoms in total. The van der Waals surface area contributed by atoms with Crippen molar-refractivity contribution >= 4 is 39.8 Å². The van der Waals surface area contributed by atoms with Gasteiger partial charge in [0, 0.05) is 23.4 Å². The maximum Gasteiger partial charge on any atom is 0.348 e. The second kappa shape index (κ2) is 9.14. The molecule has 0 unspecified atom stereocenters. The zero-order chi connectivity index (χ0) is 21.8. The van der Waals surface area contributed by atoms with Gasteiger partial charge in [-0.05, 0) is 67.8 Å². The van der Waals surface area contributed by atoms with E-state index in [1.807, 2.05) is 18.2 Å². The zero-order valence-electron chi connectivity index (χ0n) is 17.1. The summed E-state index contributed by atoms with van der Waals surface area (Å²) >= 11 is 1.16. The third-order valence-electron chi connectivity index (χ3n) is 5.07. The molecule has 0 saturated heterocycles. The van der Waals surface area contributed by atoms with Crippen LogP contribution in [0.4, 0.5) is 10.7 Å². The van der Waals surface area contributed by atoms with Gasteiger partial charge in [0.25, 0.3) is 11.8 Å². The standard InChI is InChI=1S/C24H22N2O4S/c1-2-30-24(29)20-13-14-21(31-20)25-22(27)17-9-11-18(12-10-17)23(28)26-15-5-7-16-6-3-4-8-19(16)26/h3-4,6,8-14H,2,5,7,15H2,1H3,(H,25,27). The molecule has 0 aliphatic carbocycles. The number of thiophene rings is 1. The van der Waals surface area contributed by atoms with Crippen molar-refractivity contribution in [3.63, 3.8) is 0 Å². The van der Waals surface area contributed by atoms with E-state index >= 15 is 0 Å². The molecular formula is C24H22N2O4S. The van der Waals surface area contributed by atoms with Crippen LogP contribution >= 0.6 is 11.3 Å². The predicted molar refractivity (Wildman–Crippen MR) is 121 cm³/mol. The minimum Gasteiger partial charge on any atom is -0.462 e. The lowest BCUT2D eigenvalue weighted by Crippen LogP contribution is -2.35. The van der Waals surface area contributed by atoms with Crippen molar-refractivity contribution in [2.75, 3.05) is 23.4 Å². The van der Waals surface area contributed by atoms with E-state index in [0.717, 1.165) is 29.9 Å². The Morgan fingerprint density at radius 3 is 2.52 bits per heavy atom. The summed E-state index contributed by atoms with van der Waals surface area (Å²) in [4.78, 5) is 39.6. The minimum absolute atomic E-state index is 0.0727. The van der Waals surface area contributed by atoms with Gasteiger partial charge in [0.15, 0.2) is 0 Å². The Bertz CT molecular complexity index is 1120. The van der Waals surface area contributed by atoms with Crippen molar-refractivity contribution < 1.29 is 19.1 Å². The van der Waals surface area contributed by atoms with Crippen molar-refractivity contribution in [2.45, 2.75) is 19.8 Å². The van der Waals surface area contributed by atoms with Crippen LogP contribution in [0, 0.1) is 0 Å². The van der Waals surface area contributed by atoms with E-state index in [1.54, 1.807) is 48.2 Å². The number of hydrogen-bond donors (Lipinski definition) is 1. The molecule has 0 radical (unpaired) electrons. The van der Waals surface area contributed by atoms with Crippen LogP contribution in [0.5, 0.6) is 0 Å². The summed E-state index contributed by atoms with van der Waals surface area (Å²) in [6.07, 6.45) is 1.90. The Labute approximate surface area is 184 Å². The topological polar surface area (TPSA) is 75.7 Å². The Kier molecular flexibility index (Phi) is 6.13. The maximum atomic E-state index is 13.0. The number of carbonyl (C=O) groups is 3. The molecule has 1 aliphatic heterocycles. The fourth-order valence-electron chi connectivity index (χ4n) is 3.57. The average molecular weight is 435 g/mol. The summed E-state index contributed by atoms with van der Waals surface area (Å²) in [5.74, 6) is -0.786. The number of nitrogens with zero attached hydrogens (tertiary/aromatic N) is 1. The summed E-state index contributed by atoms with van der Waals surface area (Å²) < 4.78 is 4.96. The summed E-state index contributed by atoms with van der Waals surface area (Å²) in [6, 6.07) is 17.9. The number of ether oxygens (including phenoxy) is 1. The first-order valence-corrected chi connectivity index (χ1v) is 11.0. The third kappa shape index (κ3) is 4.51. The largest absolute Gasteiger partial charge is 0.462 e. The molecular weight excluding hydrogens is 412 g/mol. The van der Waals surface area contributed by atoms with E-state index in [9.17, 15) is 14.4 Å². The van der Waals surface area contributed by atoms with Crippen LogP contribution in [0.15, 0.2) is 60.7 Å². The normalized spacial score (nSPS) is 12.7. The summed E-state index contributed by atoms with van der Waals surface area (Å²) in [7, 11) is 0. The fraction of sp³-hybridized carbons (Fsp3) is 0.208. The number of benzene rings is 2. The van der Waals surface area contributed by atoms with E-state index in [2.05, 4.69) is 11.4 Å². The zero-order valence-corrected chi connectivity index (χ0v) is 17.9. The molecule has 3 aromatic rings. The lowest BCUT2D eigenvalue weighted by atomic mass is 10.0. The number of aryl methyl sites for hydroxylation is 1. The number of carbonyl (C=O) groups excluding carboxylic acids is 3. The van der Waals surface area contributed by atoms with Crippen molar-refractivity contribution in [1.82, 2.24) is 0 Å². The van der Waals surface area contributed by atoms with E-state index in [-0.39, 0.29) is 11.8 Å². The van der Waals surface area contributed by atoms with Gasteiger partial charge >= 0.3 is 5.97 Å². The first kappa shape index (κ1) is 20.8. The Hall–Kier alpha value is -3.45. The second-order valence-electron chi connectivity index (χ2n) is 7.10. The van der Waals surface area contributed by atoms with Gasteiger partial charge in [-0.3, -0.25) is 9.59 Å². The minimum atomic E-state index is -0.407. The molecule has 0 fully saturated rings. The molecule has 31 heavy (non-hydrogen) atoms. The third-order valence-corrected chi connectivity index (χ3v) is 6.05. The monoisotopic (exact) mass is 434 g/mol. The molecule has 0 spiro atoms. The number of amides is 2. The van der Waals surface area contributed by atoms with Gasteiger partial charge < -0.3 is 15.0 Å². The van der Waals surface area contributed by atoms with E-state index < -0.39 is 5.97 Å². The molecule has 2 heterocycles. The molecule has 2 amide bonds. The highest BCUT2D eigenvalue weighted by Gasteiger charge is 2.23. The number of nitrogens with one attached hydrogen (secondary N) is 1. The lowest BCUT2D eigenvalue weighted by molar-refractivity contribution is 0.0532. The van der Waals surface area contributed by atoms with Crippen LogP contribution in [-0.2, 0) is 11.2 Å². The lowest BCUT2D eigenvalue weighted by Gasteiger charge is -2.29. The maximum absolute atomic E-state index is 13.0. The Morgan fingerprint density at radius 1 is 1.00 bits per heavy atom. The fourth-order valence-corrected chi connectivity index (χ4v) is 4.36. The molecule has 158 valence electrons. The number of hydrogen-bond acceptors (Lipinski definition) is 5. The number of anilines is 2. The molecule has 1 aromatic heterocycles. The molecule has 2 aromatic carbocycles. The van der Waals surface area contributed by atoms with Crippen LogP contribution in [0.25, 0.3) is 0 Å². The molecule has 4 rings (SSSR count). The smallest absolute Gasteiger partial charge is 0.348 e. The molecule has 1 aliphatic rings. The Balaban J connectivity index is 1.44. The van der Waals surface area contributed by atoms with E-state index in [1.165, 1.54) is 5.56 Å². The second-order valence-corrected chi connectivity index (χ2v) is 8.19. The van der Waals surface area contributed by atoms with Crippen LogP contribution in [0.2, 0.25) is 0 Å². The first-order valence-electron chi connectivity index (χ1n) is 10.1. The molecule has 0 saturated carbocycles. The molecule has 0 atom stereocenters. The van der Waals surface area contributed by atoms with Crippen molar-refractivity contribution in [3.8, 4) is 0 Å². The average Bonchev–Trinajstić information content (AvgIpc) is 3.27. The highest BCUT2D eigenvalue weighted by atomic mass is 32.1. The van der Waals surface area contributed by atoms with E-state index in [0.29, 0.717) is 34.2 Å². The van der Waals surface area contributed by atoms with Gasteiger partial charge in [0.05, 0.1) is 11.6 Å². The number of para-hydroxylation sites is 1. The highest BCUT2D eigenvalue weighted by molar-refractivity contribution is 7.18. The number of rotatable bonds is 5.